The number of allylic oxidation sites excluding steroid dienone is 3. The van der Waals surface area contributed by atoms with Crippen molar-refractivity contribution in [1.29, 1.82) is 5.26 Å². The summed E-state index contributed by atoms with van der Waals surface area (Å²) in [7, 11) is -5.19. The van der Waals surface area contributed by atoms with E-state index in [4.69, 9.17) is 4.74 Å². The molecule has 5 rings (SSSR count). The number of fused-ring (bicyclic) bond motifs is 2. The lowest BCUT2D eigenvalue weighted by Crippen LogP contribution is -2.38. The van der Waals surface area contributed by atoms with E-state index in [1.54, 1.807) is 54.1 Å². The quantitative estimate of drug-likeness (QED) is 0.109. The number of nitrogens with zero attached hydrogens (tertiary/aromatic N) is 4. The molecular weight excluding hydrogens is 577 g/mol. The summed E-state index contributed by atoms with van der Waals surface area (Å²) in [5, 5.41) is 9.97. The summed E-state index contributed by atoms with van der Waals surface area (Å²) in [5.74, 6) is -0.164. The fourth-order valence-electron chi connectivity index (χ4n) is 5.52. The molecule has 1 aliphatic rings. The van der Waals surface area contributed by atoms with Crippen molar-refractivity contribution in [2.24, 2.45) is 0 Å². The number of aromatic nitrogens is 3. The van der Waals surface area contributed by atoms with Crippen LogP contribution >= 0.6 is 0 Å². The first kappa shape index (κ1) is 30.7. The van der Waals surface area contributed by atoms with Crippen molar-refractivity contribution in [3.63, 3.8) is 0 Å². The highest BCUT2D eigenvalue weighted by Gasteiger charge is 2.40. The molecule has 224 valence electrons. The van der Waals surface area contributed by atoms with Gasteiger partial charge in [-0.05, 0) is 68.6 Å². The lowest BCUT2D eigenvalue weighted by atomic mass is 9.96. The zero-order valence-corrected chi connectivity index (χ0v) is 27.5. The van der Waals surface area contributed by atoms with Crippen molar-refractivity contribution >= 4 is 45.8 Å². The molecule has 2 heterocycles. The minimum atomic E-state index is -3.87. The van der Waals surface area contributed by atoms with E-state index in [-0.39, 0.29) is 18.3 Å². The second-order valence-corrected chi connectivity index (χ2v) is 20.6. The van der Waals surface area contributed by atoms with Crippen LogP contribution in [-0.2, 0) is 21.5 Å². The SMILES string of the molecule is CCC1=CC(C)(S(=O)(=O)n2ccc3c(C(=O)c4nc5cc(C#N)ccc5n4COCC[Si](C)(C)C)ccc(C)c32)CC=C1. The molecule has 0 spiro atoms. The molecule has 0 saturated heterocycles. The number of rotatable bonds is 10. The highest BCUT2D eigenvalue weighted by atomic mass is 32.2. The normalized spacial score (nSPS) is 17.4. The van der Waals surface area contributed by atoms with Gasteiger partial charge in [0.25, 0.3) is 0 Å². The fourth-order valence-corrected chi connectivity index (χ4v) is 8.04. The summed E-state index contributed by atoms with van der Waals surface area (Å²) in [6.07, 6.45) is 8.39. The highest BCUT2D eigenvalue weighted by molar-refractivity contribution is 7.91. The molecule has 0 fully saturated rings. The monoisotopic (exact) mass is 614 g/mol. The second kappa shape index (κ2) is 11.4. The van der Waals surface area contributed by atoms with E-state index < -0.39 is 22.8 Å². The molecule has 0 saturated carbocycles. The van der Waals surface area contributed by atoms with Crippen molar-refractivity contribution in [1.82, 2.24) is 13.5 Å². The Labute approximate surface area is 254 Å². The van der Waals surface area contributed by atoms with Crippen LogP contribution in [0.4, 0.5) is 0 Å². The average molecular weight is 615 g/mol. The molecule has 0 bridgehead atoms. The molecule has 0 aliphatic heterocycles. The Balaban J connectivity index is 1.60. The predicted molar refractivity (Wildman–Crippen MR) is 174 cm³/mol. The molecule has 1 atom stereocenters. The molecule has 43 heavy (non-hydrogen) atoms. The Kier molecular flexibility index (Phi) is 8.11. The van der Waals surface area contributed by atoms with E-state index in [0.29, 0.717) is 46.1 Å². The Bertz CT molecular complexity index is 1950. The molecule has 10 heteroatoms. The number of aryl methyl sites for hydroxylation is 1. The van der Waals surface area contributed by atoms with Crippen molar-refractivity contribution in [2.45, 2.75) is 70.8 Å². The maximum Gasteiger partial charge on any atom is 0.248 e. The summed E-state index contributed by atoms with van der Waals surface area (Å²) in [4.78, 5) is 18.9. The Morgan fingerprint density at radius 3 is 2.65 bits per heavy atom. The topological polar surface area (TPSA) is 107 Å². The van der Waals surface area contributed by atoms with Crippen LogP contribution in [0.3, 0.4) is 0 Å². The molecule has 0 radical (unpaired) electrons. The molecule has 2 aromatic heterocycles. The number of hydrogen-bond acceptors (Lipinski definition) is 6. The minimum absolute atomic E-state index is 0.135. The lowest BCUT2D eigenvalue weighted by Gasteiger charge is -2.29. The number of hydrogen-bond donors (Lipinski definition) is 0. The first-order valence-electron chi connectivity index (χ1n) is 14.6. The molecule has 2 aromatic carbocycles. The molecule has 1 unspecified atom stereocenters. The van der Waals surface area contributed by atoms with Gasteiger partial charge in [0.1, 0.15) is 11.5 Å². The molecule has 0 amide bonds. The van der Waals surface area contributed by atoms with Gasteiger partial charge in [0.2, 0.25) is 15.8 Å². The highest BCUT2D eigenvalue weighted by Crippen LogP contribution is 2.36. The van der Waals surface area contributed by atoms with E-state index >= 15 is 0 Å². The standard InChI is InChI=1S/C33H38N4O4SSi/c1-7-24-9-8-15-33(3,20-24)42(39,40)37-16-14-26-27(12-10-23(2)30(26)37)31(38)32-35-28-19-25(21-34)11-13-29(28)36(32)22-41-17-18-43(4,5)6/h8-14,16,19-20H,7,15,17-18,22H2,1-6H3. The van der Waals surface area contributed by atoms with Gasteiger partial charge < -0.3 is 4.74 Å². The van der Waals surface area contributed by atoms with Gasteiger partial charge in [0.05, 0.1) is 28.2 Å². The molecule has 8 nitrogen and oxygen atoms in total. The summed E-state index contributed by atoms with van der Waals surface area (Å²) >= 11 is 0. The average Bonchev–Trinajstić information content (AvgIpc) is 3.57. The van der Waals surface area contributed by atoms with Crippen LogP contribution in [0.1, 0.15) is 54.0 Å². The third-order valence-corrected chi connectivity index (χ3v) is 12.1. The molecular formula is C33H38N4O4SSi. The maximum atomic E-state index is 14.2. The van der Waals surface area contributed by atoms with Gasteiger partial charge in [-0.1, -0.05) is 56.4 Å². The fraction of sp³-hybridized carbons (Fsp3) is 0.364. The zero-order chi connectivity index (χ0) is 31.2. The van der Waals surface area contributed by atoms with Crippen molar-refractivity contribution in [3.05, 3.63) is 88.9 Å². The molecule has 4 aromatic rings. The van der Waals surface area contributed by atoms with Crippen LogP contribution in [0.2, 0.25) is 25.7 Å². The van der Waals surface area contributed by atoms with Crippen LogP contribution in [0, 0.1) is 18.3 Å². The van der Waals surface area contributed by atoms with Gasteiger partial charge in [0, 0.05) is 31.8 Å². The van der Waals surface area contributed by atoms with Crippen LogP contribution in [0.25, 0.3) is 21.9 Å². The Morgan fingerprint density at radius 1 is 1.19 bits per heavy atom. The van der Waals surface area contributed by atoms with Crippen LogP contribution in [0.5, 0.6) is 0 Å². The summed E-state index contributed by atoms with van der Waals surface area (Å²) in [5.41, 5.74) is 4.22. The number of carbonyl (C=O) groups is 1. The third-order valence-electron chi connectivity index (χ3n) is 8.16. The maximum absolute atomic E-state index is 14.2. The van der Waals surface area contributed by atoms with E-state index in [2.05, 4.69) is 30.7 Å². The summed E-state index contributed by atoms with van der Waals surface area (Å²) < 4.78 is 36.3. The van der Waals surface area contributed by atoms with Gasteiger partial charge in [-0.3, -0.25) is 9.36 Å². The second-order valence-electron chi connectivity index (χ2n) is 12.7. The van der Waals surface area contributed by atoms with Crippen LogP contribution in [0.15, 0.2) is 66.4 Å². The van der Waals surface area contributed by atoms with Crippen molar-refractivity contribution in [2.75, 3.05) is 6.61 Å². The van der Waals surface area contributed by atoms with Gasteiger partial charge in [-0.25, -0.2) is 17.4 Å². The lowest BCUT2D eigenvalue weighted by molar-refractivity contribution is 0.0835. The van der Waals surface area contributed by atoms with E-state index in [0.717, 1.165) is 23.6 Å². The van der Waals surface area contributed by atoms with Gasteiger partial charge in [-0.15, -0.1) is 0 Å². The van der Waals surface area contributed by atoms with Gasteiger partial charge in [-0.2, -0.15) is 5.26 Å². The third kappa shape index (κ3) is 5.65. The van der Waals surface area contributed by atoms with E-state index in [9.17, 15) is 18.5 Å². The number of benzene rings is 2. The largest absolute Gasteiger partial charge is 0.361 e. The summed E-state index contributed by atoms with van der Waals surface area (Å²) in [6.45, 7) is 13.1. The molecule has 0 N–H and O–H groups in total. The van der Waals surface area contributed by atoms with Gasteiger partial charge in [0.15, 0.2) is 5.82 Å². The Morgan fingerprint density at radius 2 is 1.95 bits per heavy atom. The number of carbonyl (C=O) groups excluding carboxylic acids is 1. The first-order valence-corrected chi connectivity index (χ1v) is 19.7. The predicted octanol–water partition coefficient (Wildman–Crippen LogP) is 6.95. The number of ether oxygens (including phenoxy) is 1. The van der Waals surface area contributed by atoms with E-state index in [1.165, 1.54) is 3.97 Å². The Hall–Kier alpha value is -3.78. The number of imidazole rings is 1. The first-order chi connectivity index (χ1) is 20.3. The van der Waals surface area contributed by atoms with Crippen molar-refractivity contribution < 1.29 is 17.9 Å². The van der Waals surface area contributed by atoms with Crippen LogP contribution in [-0.4, -0.2) is 47.2 Å². The van der Waals surface area contributed by atoms with E-state index in [1.807, 2.05) is 32.1 Å². The smallest absolute Gasteiger partial charge is 0.248 e. The molecule has 1 aliphatic carbocycles. The van der Waals surface area contributed by atoms with Gasteiger partial charge >= 0.3 is 0 Å². The number of nitriles is 1. The number of ketones is 1. The summed E-state index contributed by atoms with van der Waals surface area (Å²) in [6, 6.07) is 13.5. The zero-order valence-electron chi connectivity index (χ0n) is 25.6. The minimum Gasteiger partial charge on any atom is -0.361 e. The van der Waals surface area contributed by atoms with Crippen LogP contribution < -0.4 is 0 Å². The van der Waals surface area contributed by atoms with Crippen molar-refractivity contribution in [3.8, 4) is 6.07 Å².